The van der Waals surface area contributed by atoms with Gasteiger partial charge >= 0.3 is 0 Å². The zero-order chi connectivity index (χ0) is 20.2. The number of hydrogen-bond acceptors (Lipinski definition) is 1. The van der Waals surface area contributed by atoms with Crippen molar-refractivity contribution < 1.29 is 26.2 Å². The Labute approximate surface area is 205 Å². The molecule has 0 nitrogen and oxygen atoms in total. The van der Waals surface area contributed by atoms with Gasteiger partial charge in [-0.1, -0.05) is 80.2 Å². The zero-order valence-electron chi connectivity index (χ0n) is 17.9. The second kappa shape index (κ2) is 10.8. The Morgan fingerprint density at radius 3 is 2.60 bits per heavy atom. The summed E-state index contributed by atoms with van der Waals surface area (Å²) in [5.74, 6) is 0. The van der Waals surface area contributed by atoms with Gasteiger partial charge in [-0.2, -0.15) is 6.07 Å². The third-order valence-electron chi connectivity index (χ3n) is 5.19. The molecule has 0 aromatic heterocycles. The largest absolute Gasteiger partial charge is 0.165 e. The summed E-state index contributed by atoms with van der Waals surface area (Å²) in [6, 6.07) is 21.6. The van der Waals surface area contributed by atoms with Crippen molar-refractivity contribution in [3.63, 3.8) is 0 Å². The van der Waals surface area contributed by atoms with Gasteiger partial charge in [0.2, 0.25) is 0 Å². The molecule has 1 unspecified atom stereocenters. The van der Waals surface area contributed by atoms with Crippen LogP contribution in [0.2, 0.25) is 13.1 Å². The van der Waals surface area contributed by atoms with Crippen molar-refractivity contribution >= 4 is 36.6 Å². The van der Waals surface area contributed by atoms with Gasteiger partial charge in [0.25, 0.3) is 0 Å². The van der Waals surface area contributed by atoms with Crippen molar-refractivity contribution in [2.75, 3.05) is 0 Å². The van der Waals surface area contributed by atoms with Gasteiger partial charge in [-0.05, 0) is 32.0 Å². The molecular formula is C27H27SSiZr-. The third-order valence-corrected chi connectivity index (χ3v) is 7.50. The fourth-order valence-electron chi connectivity index (χ4n) is 3.78. The van der Waals surface area contributed by atoms with Gasteiger partial charge < -0.3 is 0 Å². The fourth-order valence-corrected chi connectivity index (χ4v) is 5.84. The maximum absolute atomic E-state index is 2.50. The Morgan fingerprint density at radius 1 is 1.07 bits per heavy atom. The zero-order valence-corrected chi connectivity index (χ0v) is 22.1. The smallest absolute Gasteiger partial charge is 0.0314 e. The van der Waals surface area contributed by atoms with Gasteiger partial charge in [-0.3, -0.25) is 0 Å². The molecule has 0 fully saturated rings. The van der Waals surface area contributed by atoms with Crippen LogP contribution in [0.5, 0.6) is 0 Å². The van der Waals surface area contributed by atoms with E-state index in [-0.39, 0.29) is 34.6 Å². The molecule has 1 atom stereocenters. The van der Waals surface area contributed by atoms with E-state index in [1.54, 1.807) is 0 Å². The molecule has 3 heteroatoms. The second-order valence-corrected chi connectivity index (χ2v) is 11.7. The van der Waals surface area contributed by atoms with Crippen LogP contribution in [0.4, 0.5) is 0 Å². The fraction of sp³-hybridized carbons (Fsp3) is 0.185. The Bertz CT molecular complexity index is 1130. The number of benzene rings is 2. The van der Waals surface area contributed by atoms with Crippen LogP contribution in [0.3, 0.4) is 0 Å². The van der Waals surface area contributed by atoms with E-state index in [1.807, 2.05) is 11.8 Å². The number of thioether (sulfide) groups is 1. The van der Waals surface area contributed by atoms with Gasteiger partial charge in [0.1, 0.15) is 0 Å². The first-order valence-electron chi connectivity index (χ1n) is 10.2. The molecule has 5 rings (SSSR count). The first kappa shape index (κ1) is 23.3. The van der Waals surface area contributed by atoms with Gasteiger partial charge in [0, 0.05) is 36.4 Å². The Hall–Kier alpha value is -1.41. The van der Waals surface area contributed by atoms with E-state index in [4.69, 9.17) is 0 Å². The van der Waals surface area contributed by atoms with Crippen LogP contribution < -0.4 is 0 Å². The minimum Gasteiger partial charge on any atom is -0.165 e. The standard InChI is InChI=1S/C16H13.C11H14SSi.Zr/c1-12-10-14-8-5-9-15(16(14)11-12)13-6-3-2-4-7-13;1-13(2)7-6-10-8-9-4-3-5-11(9)12-10;/h2-11H,1H3;3-5,7-8,10H,6H2,1-2H3;/q-1;;. The summed E-state index contributed by atoms with van der Waals surface area (Å²) in [4.78, 5) is 1.47. The number of rotatable bonds is 3. The minimum atomic E-state index is -0.150. The molecule has 1 heterocycles. The summed E-state index contributed by atoms with van der Waals surface area (Å²) in [6.07, 6.45) is 10.2. The summed E-state index contributed by atoms with van der Waals surface area (Å²) in [5, 5.41) is 3.40. The van der Waals surface area contributed by atoms with Crippen molar-refractivity contribution in [2.45, 2.75) is 31.7 Å². The molecule has 0 spiro atoms. The minimum absolute atomic E-state index is 0. The molecule has 0 saturated heterocycles. The van der Waals surface area contributed by atoms with E-state index in [1.165, 1.54) is 44.4 Å². The first-order chi connectivity index (χ1) is 14.1. The molecule has 1 aliphatic heterocycles. The van der Waals surface area contributed by atoms with Gasteiger partial charge in [0.15, 0.2) is 0 Å². The molecule has 2 aliphatic rings. The van der Waals surface area contributed by atoms with E-state index >= 15 is 0 Å². The van der Waals surface area contributed by atoms with Crippen molar-refractivity contribution in [3.8, 4) is 11.1 Å². The van der Waals surface area contributed by atoms with Gasteiger partial charge in [-0.15, -0.1) is 52.0 Å². The van der Waals surface area contributed by atoms with Crippen molar-refractivity contribution in [2.24, 2.45) is 0 Å². The van der Waals surface area contributed by atoms with Crippen LogP contribution in [0, 0.1) is 6.92 Å². The topological polar surface area (TPSA) is 0 Å². The van der Waals surface area contributed by atoms with E-state index in [2.05, 4.69) is 111 Å². The molecule has 0 bridgehead atoms. The molecule has 30 heavy (non-hydrogen) atoms. The van der Waals surface area contributed by atoms with Crippen LogP contribution in [0.1, 0.15) is 12.0 Å². The van der Waals surface area contributed by atoms with Crippen LogP contribution in [0.15, 0.2) is 95.4 Å². The third kappa shape index (κ3) is 5.63. The van der Waals surface area contributed by atoms with E-state index in [9.17, 15) is 0 Å². The van der Waals surface area contributed by atoms with Crippen LogP contribution in [0.25, 0.3) is 21.9 Å². The molecule has 3 aromatic carbocycles. The van der Waals surface area contributed by atoms with E-state index < -0.39 is 0 Å². The van der Waals surface area contributed by atoms with Gasteiger partial charge in [-0.25, -0.2) is 0 Å². The molecule has 0 amide bonds. The monoisotopic (exact) mass is 501 g/mol. The SMILES string of the molecule is C[Si](C)=CCC1C=C2C=CC=C2S1.Cc1cc2c(-c3ccccc3)cccc2[cH-]1.[Zr]. The summed E-state index contributed by atoms with van der Waals surface area (Å²) in [5.41, 5.74) is 7.90. The number of fused-ring (bicyclic) bond motifs is 2. The average Bonchev–Trinajstić information content (AvgIpc) is 3.40. The summed E-state index contributed by atoms with van der Waals surface area (Å²) < 4.78 is 0. The number of aryl methyl sites for hydroxylation is 1. The van der Waals surface area contributed by atoms with Crippen molar-refractivity contribution in [1.82, 2.24) is 0 Å². The average molecular weight is 503 g/mol. The molecule has 0 N–H and O–H groups in total. The molecule has 0 saturated carbocycles. The first-order valence-corrected chi connectivity index (χ1v) is 13.7. The maximum Gasteiger partial charge on any atom is 0.0314 e. The predicted octanol–water partition coefficient (Wildman–Crippen LogP) is 7.54. The summed E-state index contributed by atoms with van der Waals surface area (Å²) in [7, 11) is -0.150. The Kier molecular flexibility index (Phi) is 8.34. The van der Waals surface area contributed by atoms with Gasteiger partial charge in [0.05, 0.1) is 0 Å². The number of hydrogen-bond donors (Lipinski definition) is 0. The summed E-state index contributed by atoms with van der Waals surface area (Å²) in [6.45, 7) is 6.84. The second-order valence-electron chi connectivity index (χ2n) is 7.89. The molecular weight excluding hydrogens is 476 g/mol. The normalized spacial score (nSPS) is 16.2. The molecule has 150 valence electrons. The Balaban J connectivity index is 0.000000169. The van der Waals surface area contributed by atoms with Crippen LogP contribution in [-0.2, 0) is 26.2 Å². The van der Waals surface area contributed by atoms with Crippen molar-refractivity contribution in [1.29, 1.82) is 0 Å². The van der Waals surface area contributed by atoms with E-state index in [0.29, 0.717) is 5.25 Å². The quantitative estimate of drug-likeness (QED) is 0.263. The van der Waals surface area contributed by atoms with Crippen molar-refractivity contribution in [3.05, 3.63) is 101 Å². The van der Waals surface area contributed by atoms with E-state index in [0.717, 1.165) is 0 Å². The Morgan fingerprint density at radius 2 is 1.87 bits per heavy atom. The van der Waals surface area contributed by atoms with Crippen LogP contribution in [-0.4, -0.2) is 19.3 Å². The number of allylic oxidation sites excluding steroid dienone is 4. The van der Waals surface area contributed by atoms with Crippen LogP contribution >= 0.6 is 11.8 Å². The summed E-state index contributed by atoms with van der Waals surface area (Å²) >= 11 is 2.01. The maximum atomic E-state index is 2.50. The molecule has 3 aromatic rings. The molecule has 1 aliphatic carbocycles. The molecule has 0 radical (unpaired) electrons. The predicted molar refractivity (Wildman–Crippen MR) is 135 cm³/mol.